The Morgan fingerprint density at radius 2 is 1.88 bits per heavy atom. The third-order valence-electron chi connectivity index (χ3n) is 4.32. The number of nitrogens with zero attached hydrogens (tertiary/aromatic N) is 5. The lowest BCUT2D eigenvalue weighted by Gasteiger charge is -2.16. The number of aliphatic imine (C=N–C) groups is 1. The van der Waals surface area contributed by atoms with E-state index in [-0.39, 0.29) is 0 Å². The smallest absolute Gasteiger partial charge is 0.147 e. The zero-order valence-corrected chi connectivity index (χ0v) is 15.1. The van der Waals surface area contributed by atoms with Gasteiger partial charge in [-0.25, -0.2) is 4.99 Å². The Bertz CT molecular complexity index is 928. The predicted octanol–water partition coefficient (Wildman–Crippen LogP) is 4.41. The predicted molar refractivity (Wildman–Crippen MR) is 102 cm³/mol. The maximum atomic E-state index is 6.31. The summed E-state index contributed by atoms with van der Waals surface area (Å²) in [5.74, 6) is 0.791. The van der Waals surface area contributed by atoms with E-state index in [9.17, 15) is 0 Å². The van der Waals surface area contributed by atoms with Crippen LogP contribution in [0.2, 0.25) is 10.0 Å². The van der Waals surface area contributed by atoms with Crippen LogP contribution in [0.5, 0.6) is 0 Å². The van der Waals surface area contributed by atoms with Crippen LogP contribution < -0.4 is 0 Å². The van der Waals surface area contributed by atoms with Crippen LogP contribution >= 0.6 is 23.2 Å². The van der Waals surface area contributed by atoms with Crippen LogP contribution in [0.25, 0.3) is 11.0 Å². The molecule has 0 radical (unpaired) electrons. The number of aromatic nitrogens is 3. The number of halogens is 2. The van der Waals surface area contributed by atoms with Gasteiger partial charge in [0.2, 0.25) is 0 Å². The van der Waals surface area contributed by atoms with Crippen LogP contribution in [-0.2, 0) is 0 Å². The molecule has 1 aliphatic heterocycles. The minimum absolute atomic E-state index is 0.563. The number of rotatable bonds is 3. The largest absolute Gasteiger partial charge is 0.296 e. The molecule has 0 saturated carbocycles. The second-order valence-electron chi connectivity index (χ2n) is 6.10. The summed E-state index contributed by atoms with van der Waals surface area (Å²) >= 11 is 12.4. The molecule has 0 atom stereocenters. The SMILES string of the molecule is Clc1ccc(Cl)c(N=C(CN2CCCC2)n2nnc3ccccc32)c1. The Balaban J connectivity index is 1.81. The molecule has 2 aromatic carbocycles. The summed E-state index contributed by atoms with van der Waals surface area (Å²) in [5, 5.41) is 9.74. The lowest BCUT2D eigenvalue weighted by molar-refractivity contribution is 0.384. The summed E-state index contributed by atoms with van der Waals surface area (Å²) in [7, 11) is 0. The fourth-order valence-electron chi connectivity index (χ4n) is 3.06. The number of para-hydroxylation sites is 1. The minimum atomic E-state index is 0.563. The highest BCUT2D eigenvalue weighted by atomic mass is 35.5. The second-order valence-corrected chi connectivity index (χ2v) is 6.94. The summed E-state index contributed by atoms with van der Waals surface area (Å²) in [6.07, 6.45) is 2.42. The van der Waals surface area contributed by atoms with Crippen molar-refractivity contribution in [1.29, 1.82) is 0 Å². The Kier molecular flexibility index (Phi) is 4.70. The van der Waals surface area contributed by atoms with Crippen molar-refractivity contribution in [2.24, 2.45) is 4.99 Å². The first kappa shape index (κ1) is 16.5. The third-order valence-corrected chi connectivity index (χ3v) is 4.87. The molecule has 0 aliphatic carbocycles. The summed E-state index contributed by atoms with van der Waals surface area (Å²) in [5.41, 5.74) is 2.41. The zero-order chi connectivity index (χ0) is 17.2. The van der Waals surface area contributed by atoms with E-state index in [1.54, 1.807) is 22.9 Å². The Labute approximate surface area is 155 Å². The average Bonchev–Trinajstić information content (AvgIpc) is 3.27. The summed E-state index contributed by atoms with van der Waals surface area (Å²) in [6, 6.07) is 13.2. The van der Waals surface area contributed by atoms with Crippen molar-refractivity contribution in [3.8, 4) is 0 Å². The van der Waals surface area contributed by atoms with Gasteiger partial charge < -0.3 is 0 Å². The molecule has 0 bridgehead atoms. The number of fused-ring (bicyclic) bond motifs is 1. The molecule has 1 aromatic heterocycles. The van der Waals surface area contributed by atoms with Gasteiger partial charge >= 0.3 is 0 Å². The Morgan fingerprint density at radius 3 is 2.72 bits per heavy atom. The maximum Gasteiger partial charge on any atom is 0.147 e. The van der Waals surface area contributed by atoms with Gasteiger partial charge in [0.15, 0.2) is 0 Å². The fraction of sp³-hybridized carbons (Fsp3) is 0.278. The molecule has 1 fully saturated rings. The van der Waals surface area contributed by atoms with Crippen LogP contribution in [0.3, 0.4) is 0 Å². The van der Waals surface area contributed by atoms with Crippen molar-refractivity contribution in [3.05, 3.63) is 52.5 Å². The van der Waals surface area contributed by atoms with E-state index in [0.717, 1.165) is 30.0 Å². The summed E-state index contributed by atoms with van der Waals surface area (Å²) in [4.78, 5) is 7.16. The first-order valence-electron chi connectivity index (χ1n) is 8.26. The van der Waals surface area contributed by atoms with E-state index in [1.807, 2.05) is 24.3 Å². The molecule has 0 N–H and O–H groups in total. The van der Waals surface area contributed by atoms with Gasteiger partial charge in [-0.1, -0.05) is 40.5 Å². The molecule has 0 spiro atoms. The van der Waals surface area contributed by atoms with Gasteiger partial charge in [-0.3, -0.25) is 4.90 Å². The zero-order valence-electron chi connectivity index (χ0n) is 13.6. The molecular formula is C18H17Cl2N5. The molecule has 7 heteroatoms. The molecular weight excluding hydrogens is 357 g/mol. The van der Waals surface area contributed by atoms with Gasteiger partial charge in [0.1, 0.15) is 11.4 Å². The molecule has 3 aromatic rings. The average molecular weight is 374 g/mol. The summed E-state index contributed by atoms with van der Waals surface area (Å²) in [6.45, 7) is 2.82. The van der Waals surface area contributed by atoms with Crippen LogP contribution in [0.15, 0.2) is 47.5 Å². The van der Waals surface area contributed by atoms with E-state index in [0.29, 0.717) is 22.3 Å². The van der Waals surface area contributed by atoms with Gasteiger partial charge in [0, 0.05) is 5.02 Å². The van der Waals surface area contributed by atoms with Crippen molar-refractivity contribution < 1.29 is 0 Å². The van der Waals surface area contributed by atoms with E-state index < -0.39 is 0 Å². The van der Waals surface area contributed by atoms with Crippen LogP contribution in [0.1, 0.15) is 12.8 Å². The van der Waals surface area contributed by atoms with Gasteiger partial charge in [-0.05, 0) is 56.3 Å². The van der Waals surface area contributed by atoms with Gasteiger partial charge in [0.25, 0.3) is 0 Å². The number of likely N-dealkylation sites (tertiary alicyclic amines) is 1. The number of benzene rings is 2. The maximum absolute atomic E-state index is 6.31. The van der Waals surface area contributed by atoms with Crippen molar-refractivity contribution in [2.75, 3.05) is 19.6 Å². The van der Waals surface area contributed by atoms with Crippen molar-refractivity contribution >= 4 is 45.8 Å². The van der Waals surface area contributed by atoms with Crippen LogP contribution in [0, 0.1) is 0 Å². The lowest BCUT2D eigenvalue weighted by Crippen LogP contribution is -2.31. The molecule has 5 nitrogen and oxygen atoms in total. The molecule has 1 saturated heterocycles. The molecule has 0 amide bonds. The van der Waals surface area contributed by atoms with E-state index >= 15 is 0 Å². The van der Waals surface area contributed by atoms with E-state index in [4.69, 9.17) is 28.2 Å². The van der Waals surface area contributed by atoms with E-state index in [1.165, 1.54) is 12.8 Å². The first-order valence-corrected chi connectivity index (χ1v) is 9.02. The minimum Gasteiger partial charge on any atom is -0.296 e. The van der Waals surface area contributed by atoms with Gasteiger partial charge in [0.05, 0.1) is 22.8 Å². The van der Waals surface area contributed by atoms with Crippen LogP contribution in [-0.4, -0.2) is 45.4 Å². The van der Waals surface area contributed by atoms with Gasteiger partial charge in [-0.2, -0.15) is 4.68 Å². The second kappa shape index (κ2) is 7.12. The van der Waals surface area contributed by atoms with Crippen LogP contribution in [0.4, 0.5) is 5.69 Å². The quantitative estimate of drug-likeness (QED) is 0.504. The Morgan fingerprint density at radius 1 is 1.08 bits per heavy atom. The van der Waals surface area contributed by atoms with Crippen molar-refractivity contribution in [3.63, 3.8) is 0 Å². The topological polar surface area (TPSA) is 46.3 Å². The number of hydrogen-bond acceptors (Lipinski definition) is 4. The Hall–Kier alpha value is -1.95. The summed E-state index contributed by atoms with van der Waals surface area (Å²) < 4.78 is 1.80. The highest BCUT2D eigenvalue weighted by Gasteiger charge is 2.18. The number of hydrogen-bond donors (Lipinski definition) is 0. The van der Waals surface area contributed by atoms with E-state index in [2.05, 4.69) is 15.2 Å². The highest BCUT2D eigenvalue weighted by Crippen LogP contribution is 2.28. The molecule has 0 unspecified atom stereocenters. The lowest BCUT2D eigenvalue weighted by atomic mass is 10.3. The third kappa shape index (κ3) is 3.54. The molecule has 128 valence electrons. The monoisotopic (exact) mass is 373 g/mol. The first-order chi connectivity index (χ1) is 12.2. The normalized spacial score (nSPS) is 16.0. The van der Waals surface area contributed by atoms with Crippen molar-refractivity contribution in [2.45, 2.75) is 12.8 Å². The molecule has 2 heterocycles. The fourth-order valence-corrected chi connectivity index (χ4v) is 3.39. The molecule has 1 aliphatic rings. The standard InChI is InChI=1S/C18H17Cl2N5/c19-13-7-8-14(20)16(11-13)21-18(12-24-9-3-4-10-24)25-17-6-2-1-5-15(17)22-23-25/h1-2,5-8,11H,3-4,9-10,12H2. The van der Waals surface area contributed by atoms with Crippen molar-refractivity contribution in [1.82, 2.24) is 19.9 Å². The molecule has 25 heavy (non-hydrogen) atoms. The van der Waals surface area contributed by atoms with Gasteiger partial charge in [-0.15, -0.1) is 5.10 Å². The molecule has 4 rings (SSSR count). The highest BCUT2D eigenvalue weighted by molar-refractivity contribution is 6.35.